The van der Waals surface area contributed by atoms with Gasteiger partial charge in [-0.3, -0.25) is 0 Å². The van der Waals surface area contributed by atoms with Crippen molar-refractivity contribution >= 4 is 23.7 Å². The van der Waals surface area contributed by atoms with E-state index in [2.05, 4.69) is 30.3 Å². The van der Waals surface area contributed by atoms with Gasteiger partial charge in [-0.2, -0.15) is 9.61 Å². The lowest BCUT2D eigenvalue weighted by atomic mass is 9.97. The Morgan fingerprint density at radius 1 is 1.05 bits per heavy atom. The van der Waals surface area contributed by atoms with Gasteiger partial charge in [-0.1, -0.05) is 13.8 Å². The smallest absolute Gasteiger partial charge is 0.410 e. The molecule has 10 heteroatoms. The van der Waals surface area contributed by atoms with Crippen LogP contribution in [0.15, 0.2) is 12.3 Å². The highest BCUT2D eigenvalue weighted by atomic mass is 16.6. The van der Waals surface area contributed by atoms with E-state index < -0.39 is 5.60 Å². The van der Waals surface area contributed by atoms with Gasteiger partial charge in [0.2, 0.25) is 0 Å². The highest BCUT2D eigenvalue weighted by Gasteiger charge is 2.45. The van der Waals surface area contributed by atoms with E-state index in [1.165, 1.54) is 18.4 Å². The van der Waals surface area contributed by atoms with Crippen molar-refractivity contribution in [3.8, 4) is 0 Å². The summed E-state index contributed by atoms with van der Waals surface area (Å²) in [6, 6.07) is 2.74. The van der Waals surface area contributed by atoms with Crippen molar-refractivity contribution in [1.82, 2.24) is 24.4 Å². The molecule has 0 radical (unpaired) electrons. The molecule has 2 aromatic rings. The largest absolute Gasteiger partial charge is 0.444 e. The first-order valence-electron chi connectivity index (χ1n) is 14.7. The summed E-state index contributed by atoms with van der Waals surface area (Å²) in [5, 5.41) is 8.48. The first-order chi connectivity index (χ1) is 18.6. The molecular weight excluding hydrogens is 496 g/mol. The van der Waals surface area contributed by atoms with Gasteiger partial charge in [-0.05, 0) is 65.2 Å². The molecule has 3 saturated heterocycles. The molecule has 2 unspecified atom stereocenters. The predicted molar refractivity (Wildman–Crippen MR) is 147 cm³/mol. The minimum atomic E-state index is -0.543. The van der Waals surface area contributed by atoms with Crippen LogP contribution in [0.25, 0.3) is 5.65 Å². The minimum Gasteiger partial charge on any atom is -0.444 e. The number of ether oxygens (including phenoxy) is 2. The topological polar surface area (TPSA) is 101 Å². The van der Waals surface area contributed by atoms with Gasteiger partial charge in [0.05, 0.1) is 12.7 Å². The second kappa shape index (κ2) is 9.86. The summed E-state index contributed by atoms with van der Waals surface area (Å²) in [4.78, 5) is 34.3. The molecule has 0 spiro atoms. The van der Waals surface area contributed by atoms with Gasteiger partial charge in [0.1, 0.15) is 17.5 Å². The molecule has 3 aliphatic heterocycles. The lowest BCUT2D eigenvalue weighted by Crippen LogP contribution is -2.50. The number of hydrogen-bond acceptors (Lipinski definition) is 7. The third-order valence-corrected chi connectivity index (χ3v) is 8.50. The first kappa shape index (κ1) is 26.2. The average Bonchev–Trinajstić information content (AvgIpc) is 3.32. The summed E-state index contributed by atoms with van der Waals surface area (Å²) in [6.07, 6.45) is 7.85. The summed E-state index contributed by atoms with van der Waals surface area (Å²) in [7, 11) is 0. The number of aromatic nitrogens is 3. The standard InChI is InChI=1S/C29H42N6O4/c1-17(2)23-15-30-35-25(14-24(18-6-7-18)32-26(23)35)31-19-12-20-8-9-21(13-19)34(20)28(37)38-22-10-11-33(16-22)27(36)39-29(3,4)5/h14-15,17-22,31H,6-13,16H2,1-5H3/t19?,20?,21?,22-/m0/s1. The number of hydrogen-bond donors (Lipinski definition) is 1. The van der Waals surface area contributed by atoms with Crippen LogP contribution in [0, 0.1) is 0 Å². The maximum Gasteiger partial charge on any atom is 0.410 e. The number of nitrogens with one attached hydrogen (secondary N) is 1. The van der Waals surface area contributed by atoms with Crippen LogP contribution in [-0.4, -0.2) is 79.5 Å². The van der Waals surface area contributed by atoms with Crippen molar-refractivity contribution in [2.75, 3.05) is 18.4 Å². The Morgan fingerprint density at radius 3 is 2.41 bits per heavy atom. The van der Waals surface area contributed by atoms with Crippen molar-refractivity contribution < 1.29 is 19.1 Å². The van der Waals surface area contributed by atoms with Gasteiger partial charge >= 0.3 is 12.2 Å². The third-order valence-electron chi connectivity index (χ3n) is 8.50. The Kier molecular flexibility index (Phi) is 6.62. The quantitative estimate of drug-likeness (QED) is 0.552. The molecule has 1 N–H and O–H groups in total. The maximum absolute atomic E-state index is 13.3. The number of carbonyl (C=O) groups is 2. The second-order valence-electron chi connectivity index (χ2n) is 13.2. The van der Waals surface area contributed by atoms with Crippen LogP contribution < -0.4 is 5.32 Å². The predicted octanol–water partition coefficient (Wildman–Crippen LogP) is 5.28. The van der Waals surface area contributed by atoms with Gasteiger partial charge in [-0.25, -0.2) is 14.6 Å². The van der Waals surface area contributed by atoms with Crippen LogP contribution in [0.4, 0.5) is 15.4 Å². The number of nitrogens with zero attached hydrogens (tertiary/aromatic N) is 5. The molecule has 0 aromatic carbocycles. The van der Waals surface area contributed by atoms with E-state index in [1.54, 1.807) is 4.90 Å². The van der Waals surface area contributed by atoms with Gasteiger partial charge in [0, 0.05) is 54.3 Å². The van der Waals surface area contributed by atoms with E-state index in [0.29, 0.717) is 31.3 Å². The number of piperidine rings is 1. The summed E-state index contributed by atoms with van der Waals surface area (Å²) in [5.41, 5.74) is 2.75. The average molecular weight is 539 g/mol. The van der Waals surface area contributed by atoms with Gasteiger partial charge < -0.3 is 24.6 Å². The first-order valence-corrected chi connectivity index (χ1v) is 14.7. The lowest BCUT2D eigenvalue weighted by Gasteiger charge is -2.39. The molecule has 5 heterocycles. The Hall–Kier alpha value is -3.04. The van der Waals surface area contributed by atoms with Crippen molar-refractivity contribution in [2.24, 2.45) is 0 Å². The number of anilines is 1. The normalized spacial score (nSPS) is 26.9. The fourth-order valence-corrected chi connectivity index (χ4v) is 6.42. The van der Waals surface area contributed by atoms with Gasteiger partial charge in [-0.15, -0.1) is 0 Å². The molecule has 1 aliphatic carbocycles. The fraction of sp³-hybridized carbons (Fsp3) is 0.724. The zero-order valence-electron chi connectivity index (χ0n) is 23.9. The van der Waals surface area contributed by atoms with Crippen LogP contribution in [-0.2, 0) is 9.47 Å². The fourth-order valence-electron chi connectivity index (χ4n) is 6.42. The minimum absolute atomic E-state index is 0.154. The highest BCUT2D eigenvalue weighted by Crippen LogP contribution is 2.41. The zero-order chi connectivity index (χ0) is 27.5. The Morgan fingerprint density at radius 2 is 1.77 bits per heavy atom. The van der Waals surface area contributed by atoms with Gasteiger partial charge in [0.15, 0.2) is 5.65 Å². The Bertz CT molecular complexity index is 1230. The second-order valence-corrected chi connectivity index (χ2v) is 13.2. The van der Waals surface area contributed by atoms with E-state index in [9.17, 15) is 9.59 Å². The summed E-state index contributed by atoms with van der Waals surface area (Å²) in [5.74, 6) is 1.92. The molecule has 4 fully saturated rings. The van der Waals surface area contributed by atoms with E-state index in [4.69, 9.17) is 14.5 Å². The summed E-state index contributed by atoms with van der Waals surface area (Å²) < 4.78 is 13.4. The summed E-state index contributed by atoms with van der Waals surface area (Å²) >= 11 is 0. The van der Waals surface area contributed by atoms with Crippen LogP contribution >= 0.6 is 0 Å². The molecule has 4 aliphatic rings. The highest BCUT2D eigenvalue weighted by molar-refractivity contribution is 5.71. The molecule has 6 rings (SSSR count). The van der Waals surface area contributed by atoms with Crippen molar-refractivity contribution in [2.45, 2.75) is 121 Å². The Labute approximate surface area is 230 Å². The number of amides is 2. The molecule has 212 valence electrons. The van der Waals surface area contributed by atoms with Gasteiger partial charge in [0.25, 0.3) is 0 Å². The van der Waals surface area contributed by atoms with E-state index >= 15 is 0 Å². The van der Waals surface area contributed by atoms with Crippen molar-refractivity contribution in [3.63, 3.8) is 0 Å². The lowest BCUT2D eigenvalue weighted by molar-refractivity contribution is 0.0203. The van der Waals surface area contributed by atoms with Crippen molar-refractivity contribution in [3.05, 3.63) is 23.5 Å². The van der Waals surface area contributed by atoms with Crippen LogP contribution in [0.2, 0.25) is 0 Å². The van der Waals surface area contributed by atoms with E-state index in [0.717, 1.165) is 42.8 Å². The third kappa shape index (κ3) is 5.39. The zero-order valence-corrected chi connectivity index (χ0v) is 23.9. The number of rotatable bonds is 5. The molecule has 39 heavy (non-hydrogen) atoms. The molecule has 1 saturated carbocycles. The van der Waals surface area contributed by atoms with Crippen LogP contribution in [0.5, 0.6) is 0 Å². The molecule has 2 bridgehead atoms. The Balaban J connectivity index is 1.10. The maximum atomic E-state index is 13.3. The number of likely N-dealkylation sites (tertiary alicyclic amines) is 1. The monoisotopic (exact) mass is 538 g/mol. The SMILES string of the molecule is CC(C)c1cnn2c(NC3CC4CCC(C3)N4C(=O)O[C@H]3CCN(C(=O)OC(C)(C)C)C3)cc(C3CC3)nc12. The summed E-state index contributed by atoms with van der Waals surface area (Å²) in [6.45, 7) is 10.9. The number of fused-ring (bicyclic) bond motifs is 3. The van der Waals surface area contributed by atoms with Crippen LogP contribution in [0.3, 0.4) is 0 Å². The van der Waals surface area contributed by atoms with Crippen molar-refractivity contribution in [1.29, 1.82) is 0 Å². The van der Waals surface area contributed by atoms with E-state index in [1.807, 2.05) is 36.4 Å². The molecule has 2 aromatic heterocycles. The molecule has 10 nitrogen and oxygen atoms in total. The number of carbonyl (C=O) groups excluding carboxylic acids is 2. The molecular formula is C29H42N6O4. The molecule has 2 amide bonds. The van der Waals surface area contributed by atoms with E-state index in [-0.39, 0.29) is 36.4 Å². The van der Waals surface area contributed by atoms with Crippen LogP contribution in [0.1, 0.15) is 103 Å². The molecule has 3 atom stereocenters.